The topological polar surface area (TPSA) is 63.7 Å². The van der Waals surface area contributed by atoms with Crippen molar-refractivity contribution in [2.75, 3.05) is 13.2 Å². The molecule has 0 aliphatic carbocycles. The fourth-order valence-corrected chi connectivity index (χ4v) is 4.27. The Morgan fingerprint density at radius 2 is 2.11 bits per heavy atom. The molecule has 0 spiro atoms. The van der Waals surface area contributed by atoms with E-state index >= 15 is 0 Å². The molecular formula is C13H13NO4S. The summed E-state index contributed by atoms with van der Waals surface area (Å²) in [6, 6.07) is 6.75. The molecule has 0 atom stereocenters. The number of fused-ring (bicyclic) bond motifs is 3. The first-order valence-corrected chi connectivity index (χ1v) is 7.53. The van der Waals surface area contributed by atoms with Crippen LogP contribution in [0.1, 0.15) is 18.9 Å². The number of benzene rings is 1. The van der Waals surface area contributed by atoms with Crippen LogP contribution in [0.15, 0.2) is 34.7 Å². The first-order valence-electron chi connectivity index (χ1n) is 6.09. The van der Waals surface area contributed by atoms with Crippen LogP contribution in [-0.4, -0.2) is 31.8 Å². The van der Waals surface area contributed by atoms with E-state index in [9.17, 15) is 13.2 Å². The van der Waals surface area contributed by atoms with Gasteiger partial charge in [0.05, 0.1) is 22.8 Å². The maximum absolute atomic E-state index is 12.3. The molecule has 0 saturated carbocycles. The number of sulfonamides is 1. The number of carbonyl (C=O) groups excluding carboxylic acids is 1. The van der Waals surface area contributed by atoms with E-state index in [0.717, 1.165) is 0 Å². The van der Waals surface area contributed by atoms with Crippen LogP contribution in [-0.2, 0) is 19.6 Å². The van der Waals surface area contributed by atoms with Crippen molar-refractivity contribution in [3.8, 4) is 0 Å². The molecule has 3 rings (SSSR count). The summed E-state index contributed by atoms with van der Waals surface area (Å²) in [4.78, 5) is 12.2. The fraction of sp³-hybridized carbons (Fsp3) is 0.308. The lowest BCUT2D eigenvalue weighted by Gasteiger charge is -2.11. The van der Waals surface area contributed by atoms with E-state index in [0.29, 0.717) is 29.8 Å². The number of rotatable bonds is 2. The minimum absolute atomic E-state index is 0.270. The molecule has 0 fully saturated rings. The highest BCUT2D eigenvalue weighted by Gasteiger charge is 2.44. The van der Waals surface area contributed by atoms with Crippen molar-refractivity contribution in [2.45, 2.75) is 18.2 Å². The van der Waals surface area contributed by atoms with Crippen molar-refractivity contribution < 1.29 is 17.9 Å². The number of hydrogen-bond acceptors (Lipinski definition) is 4. The number of carbonyl (C=O) groups is 1. The minimum atomic E-state index is -3.50. The molecule has 100 valence electrons. The number of nitrogens with zero attached hydrogens (tertiary/aromatic N) is 1. The normalized spacial score (nSPS) is 19.3. The first kappa shape index (κ1) is 12.2. The molecule has 0 aromatic heterocycles. The predicted molar refractivity (Wildman–Crippen MR) is 68.5 cm³/mol. The molecule has 19 heavy (non-hydrogen) atoms. The van der Waals surface area contributed by atoms with E-state index in [2.05, 4.69) is 0 Å². The monoisotopic (exact) mass is 279 g/mol. The van der Waals surface area contributed by atoms with Gasteiger partial charge in [-0.15, -0.1) is 0 Å². The summed E-state index contributed by atoms with van der Waals surface area (Å²) in [7, 11) is -3.50. The second kappa shape index (κ2) is 4.09. The summed E-state index contributed by atoms with van der Waals surface area (Å²) in [6.07, 6.45) is 0.404. The lowest BCUT2D eigenvalue weighted by atomic mass is 10.1. The van der Waals surface area contributed by atoms with Crippen LogP contribution < -0.4 is 0 Å². The molecule has 0 saturated heterocycles. The van der Waals surface area contributed by atoms with Gasteiger partial charge in [0.25, 0.3) is 10.0 Å². The third-order valence-electron chi connectivity index (χ3n) is 3.33. The maximum atomic E-state index is 12.3. The van der Waals surface area contributed by atoms with Crippen molar-refractivity contribution in [3.05, 3.63) is 35.4 Å². The number of hydrogen-bond donors (Lipinski definition) is 0. The fourth-order valence-electron chi connectivity index (χ4n) is 2.55. The summed E-state index contributed by atoms with van der Waals surface area (Å²) < 4.78 is 31.0. The van der Waals surface area contributed by atoms with Crippen LogP contribution in [0.5, 0.6) is 0 Å². The smallest absolute Gasteiger partial charge is 0.336 e. The third kappa shape index (κ3) is 1.59. The molecule has 2 heterocycles. The molecule has 2 aliphatic heterocycles. The number of esters is 1. The SMILES string of the molecule is CCOC(=O)C1=C2c3ccccc3S(=O)(=O)N2CC1. The Bertz CT molecular complexity index is 690. The summed E-state index contributed by atoms with van der Waals surface area (Å²) in [5.74, 6) is -0.424. The Kier molecular flexibility index (Phi) is 2.63. The van der Waals surface area contributed by atoms with Crippen LogP contribution in [0, 0.1) is 0 Å². The van der Waals surface area contributed by atoms with Crippen LogP contribution in [0.3, 0.4) is 0 Å². The lowest BCUT2D eigenvalue weighted by Crippen LogP contribution is -2.20. The Balaban J connectivity index is 2.22. The number of ether oxygens (including phenoxy) is 1. The highest BCUT2D eigenvalue weighted by atomic mass is 32.2. The van der Waals surface area contributed by atoms with Gasteiger partial charge in [-0.1, -0.05) is 18.2 Å². The Hall–Kier alpha value is -1.82. The molecule has 0 bridgehead atoms. The van der Waals surface area contributed by atoms with E-state index in [4.69, 9.17) is 4.74 Å². The molecule has 5 nitrogen and oxygen atoms in total. The molecule has 2 aliphatic rings. The zero-order valence-corrected chi connectivity index (χ0v) is 11.2. The van der Waals surface area contributed by atoms with Crippen molar-refractivity contribution in [2.24, 2.45) is 0 Å². The van der Waals surface area contributed by atoms with Crippen molar-refractivity contribution in [1.29, 1.82) is 0 Å². The van der Waals surface area contributed by atoms with E-state index in [1.165, 1.54) is 4.31 Å². The van der Waals surface area contributed by atoms with Gasteiger partial charge < -0.3 is 4.74 Å². The van der Waals surface area contributed by atoms with Crippen LogP contribution in [0.2, 0.25) is 0 Å². The molecular weight excluding hydrogens is 266 g/mol. The van der Waals surface area contributed by atoms with E-state index in [1.54, 1.807) is 31.2 Å². The summed E-state index contributed by atoms with van der Waals surface area (Å²) in [5.41, 5.74) is 1.55. The minimum Gasteiger partial charge on any atom is -0.463 e. The van der Waals surface area contributed by atoms with Crippen LogP contribution >= 0.6 is 0 Å². The predicted octanol–water partition coefficient (Wildman–Crippen LogP) is 1.37. The van der Waals surface area contributed by atoms with Gasteiger partial charge in [0.1, 0.15) is 0 Å². The Morgan fingerprint density at radius 1 is 1.37 bits per heavy atom. The van der Waals surface area contributed by atoms with E-state index in [-0.39, 0.29) is 11.5 Å². The van der Waals surface area contributed by atoms with Crippen LogP contribution in [0.25, 0.3) is 5.70 Å². The van der Waals surface area contributed by atoms with Crippen molar-refractivity contribution >= 4 is 21.7 Å². The molecule has 0 N–H and O–H groups in total. The van der Waals surface area contributed by atoms with Gasteiger partial charge in [-0.3, -0.25) is 4.31 Å². The summed E-state index contributed by atoms with van der Waals surface area (Å²) in [6.45, 7) is 2.32. The third-order valence-corrected chi connectivity index (χ3v) is 5.19. The highest BCUT2D eigenvalue weighted by Crippen LogP contribution is 2.44. The van der Waals surface area contributed by atoms with E-state index in [1.807, 2.05) is 0 Å². The van der Waals surface area contributed by atoms with Gasteiger partial charge in [-0.2, -0.15) is 0 Å². The van der Waals surface area contributed by atoms with E-state index < -0.39 is 16.0 Å². The summed E-state index contributed by atoms with van der Waals surface area (Å²) >= 11 is 0. The molecule has 0 unspecified atom stereocenters. The van der Waals surface area contributed by atoms with Crippen molar-refractivity contribution in [3.63, 3.8) is 0 Å². The largest absolute Gasteiger partial charge is 0.463 e. The van der Waals surface area contributed by atoms with Gasteiger partial charge in [0, 0.05) is 18.5 Å². The average Bonchev–Trinajstić information content (AvgIpc) is 2.91. The zero-order valence-electron chi connectivity index (χ0n) is 10.4. The van der Waals surface area contributed by atoms with Crippen LogP contribution in [0.4, 0.5) is 0 Å². The van der Waals surface area contributed by atoms with Gasteiger partial charge in [0.15, 0.2) is 0 Å². The second-order valence-electron chi connectivity index (χ2n) is 4.37. The summed E-state index contributed by atoms with van der Waals surface area (Å²) in [5, 5.41) is 0. The first-order chi connectivity index (χ1) is 9.07. The molecule has 1 aromatic rings. The zero-order chi connectivity index (χ0) is 13.6. The van der Waals surface area contributed by atoms with Crippen molar-refractivity contribution in [1.82, 2.24) is 4.31 Å². The lowest BCUT2D eigenvalue weighted by molar-refractivity contribution is -0.138. The molecule has 6 heteroatoms. The Labute approximate surface area is 111 Å². The quantitative estimate of drug-likeness (QED) is 0.767. The maximum Gasteiger partial charge on any atom is 0.336 e. The van der Waals surface area contributed by atoms with Gasteiger partial charge in [-0.05, 0) is 13.0 Å². The van der Waals surface area contributed by atoms with Gasteiger partial charge in [0.2, 0.25) is 0 Å². The molecule has 0 radical (unpaired) electrons. The Morgan fingerprint density at radius 3 is 2.84 bits per heavy atom. The van der Waals surface area contributed by atoms with Gasteiger partial charge in [-0.25, -0.2) is 13.2 Å². The second-order valence-corrected chi connectivity index (χ2v) is 6.20. The standard InChI is InChI=1S/C13H13NO4S/c1-2-18-13(15)10-7-8-14-12(10)9-5-3-4-6-11(9)19(14,16)17/h3-6H,2,7-8H2,1H3. The molecule has 0 amide bonds. The van der Waals surface area contributed by atoms with Gasteiger partial charge >= 0.3 is 5.97 Å². The molecule has 1 aromatic carbocycles. The average molecular weight is 279 g/mol. The highest BCUT2D eigenvalue weighted by molar-refractivity contribution is 7.90.